The van der Waals surface area contributed by atoms with E-state index >= 15 is 0 Å². The van der Waals surface area contributed by atoms with Gasteiger partial charge in [-0.25, -0.2) is 9.18 Å². The van der Waals surface area contributed by atoms with Gasteiger partial charge in [0.1, 0.15) is 5.82 Å². The summed E-state index contributed by atoms with van der Waals surface area (Å²) in [4.78, 5) is 23.4. The molecule has 3 N–H and O–H groups in total. The molecule has 0 atom stereocenters. The van der Waals surface area contributed by atoms with E-state index in [2.05, 4.69) is 16.0 Å². The molecule has 0 unspecified atom stereocenters. The van der Waals surface area contributed by atoms with Crippen LogP contribution in [0.3, 0.4) is 0 Å². The highest BCUT2D eigenvalue weighted by Gasteiger charge is 2.16. The predicted octanol–water partition coefficient (Wildman–Crippen LogP) is 1.95. The number of nitrogens with zero attached hydrogens (tertiary/aromatic N) is 1. The molecule has 1 saturated carbocycles. The third-order valence-corrected chi connectivity index (χ3v) is 3.98. The standard InChI is InChI=1S/C17H21FN4O2/c18-15-9-12(10-19)5-6-13(15)11-21-17(24)20-8-7-16(23)22-14-3-1-2-4-14/h5-6,9,14H,1-4,7-8,11H2,(H,22,23)(H2,20,21,24). The molecule has 0 aliphatic heterocycles. The molecule has 0 saturated heterocycles. The number of rotatable bonds is 6. The van der Waals surface area contributed by atoms with E-state index in [0.717, 1.165) is 31.7 Å². The number of hydrogen-bond acceptors (Lipinski definition) is 3. The number of amides is 3. The largest absolute Gasteiger partial charge is 0.353 e. The van der Waals surface area contributed by atoms with Crippen LogP contribution in [0.2, 0.25) is 0 Å². The Morgan fingerprint density at radius 2 is 2.00 bits per heavy atom. The van der Waals surface area contributed by atoms with E-state index in [9.17, 15) is 14.0 Å². The number of carbonyl (C=O) groups excluding carboxylic acids is 2. The molecule has 0 bridgehead atoms. The zero-order valence-corrected chi connectivity index (χ0v) is 13.4. The molecule has 24 heavy (non-hydrogen) atoms. The van der Waals surface area contributed by atoms with Crippen molar-refractivity contribution < 1.29 is 14.0 Å². The topological polar surface area (TPSA) is 94.0 Å². The van der Waals surface area contributed by atoms with Gasteiger partial charge in [-0.15, -0.1) is 0 Å². The van der Waals surface area contributed by atoms with E-state index in [1.807, 2.05) is 6.07 Å². The minimum Gasteiger partial charge on any atom is -0.353 e. The molecule has 1 aliphatic carbocycles. The molecule has 7 heteroatoms. The number of urea groups is 1. The molecule has 3 amide bonds. The van der Waals surface area contributed by atoms with Gasteiger partial charge in [0.15, 0.2) is 0 Å². The molecule has 1 aliphatic rings. The van der Waals surface area contributed by atoms with Gasteiger partial charge in [-0.3, -0.25) is 4.79 Å². The SMILES string of the molecule is N#Cc1ccc(CNC(=O)NCCC(=O)NC2CCCC2)c(F)c1. The van der Waals surface area contributed by atoms with Gasteiger partial charge in [0, 0.05) is 31.1 Å². The van der Waals surface area contributed by atoms with Crippen molar-refractivity contribution in [3.8, 4) is 6.07 Å². The summed E-state index contributed by atoms with van der Waals surface area (Å²) < 4.78 is 13.7. The highest BCUT2D eigenvalue weighted by molar-refractivity contribution is 5.78. The van der Waals surface area contributed by atoms with Crippen LogP contribution in [0.1, 0.15) is 43.2 Å². The van der Waals surface area contributed by atoms with Gasteiger partial charge in [0.05, 0.1) is 11.6 Å². The molecule has 2 rings (SSSR count). The van der Waals surface area contributed by atoms with E-state index in [-0.39, 0.29) is 37.0 Å². The maximum atomic E-state index is 13.7. The van der Waals surface area contributed by atoms with Gasteiger partial charge in [-0.2, -0.15) is 5.26 Å². The molecule has 1 aromatic carbocycles. The van der Waals surface area contributed by atoms with Crippen LogP contribution in [-0.2, 0) is 11.3 Å². The second-order valence-corrected chi connectivity index (χ2v) is 5.83. The van der Waals surface area contributed by atoms with Crippen LogP contribution in [-0.4, -0.2) is 24.5 Å². The van der Waals surface area contributed by atoms with Crippen LogP contribution in [0, 0.1) is 17.1 Å². The Morgan fingerprint density at radius 1 is 1.25 bits per heavy atom. The van der Waals surface area contributed by atoms with E-state index in [1.165, 1.54) is 12.1 Å². The average molecular weight is 332 g/mol. The molecule has 6 nitrogen and oxygen atoms in total. The highest BCUT2D eigenvalue weighted by Crippen LogP contribution is 2.17. The van der Waals surface area contributed by atoms with Gasteiger partial charge in [0.25, 0.3) is 0 Å². The first-order chi connectivity index (χ1) is 11.6. The number of hydrogen-bond donors (Lipinski definition) is 3. The van der Waals surface area contributed by atoms with Crippen LogP contribution in [0.25, 0.3) is 0 Å². The summed E-state index contributed by atoms with van der Waals surface area (Å²) in [6, 6.07) is 5.73. The summed E-state index contributed by atoms with van der Waals surface area (Å²) in [7, 11) is 0. The van der Waals surface area contributed by atoms with Crippen molar-refractivity contribution in [2.45, 2.75) is 44.7 Å². The lowest BCUT2D eigenvalue weighted by molar-refractivity contribution is -0.121. The van der Waals surface area contributed by atoms with Crippen LogP contribution in [0.4, 0.5) is 9.18 Å². The Balaban J connectivity index is 1.64. The van der Waals surface area contributed by atoms with E-state index < -0.39 is 11.8 Å². The Kier molecular flexibility index (Phi) is 6.55. The number of nitrogens with one attached hydrogen (secondary N) is 3. The number of halogens is 1. The summed E-state index contributed by atoms with van der Waals surface area (Å²) in [5.74, 6) is -0.606. The summed E-state index contributed by atoms with van der Waals surface area (Å²) >= 11 is 0. The van der Waals surface area contributed by atoms with E-state index in [4.69, 9.17) is 5.26 Å². The predicted molar refractivity (Wildman–Crippen MR) is 86.4 cm³/mol. The van der Waals surface area contributed by atoms with Crippen molar-refractivity contribution in [3.63, 3.8) is 0 Å². The number of benzene rings is 1. The minimum atomic E-state index is -0.537. The van der Waals surface area contributed by atoms with Gasteiger partial charge in [-0.05, 0) is 25.0 Å². The second kappa shape index (κ2) is 8.87. The van der Waals surface area contributed by atoms with Gasteiger partial charge < -0.3 is 16.0 Å². The lowest BCUT2D eigenvalue weighted by Crippen LogP contribution is -2.39. The third-order valence-electron chi connectivity index (χ3n) is 3.98. The summed E-state index contributed by atoms with van der Waals surface area (Å²) in [6.07, 6.45) is 4.57. The fourth-order valence-corrected chi connectivity index (χ4v) is 2.66. The van der Waals surface area contributed by atoms with Crippen LogP contribution >= 0.6 is 0 Å². The molecule has 128 valence electrons. The molecular weight excluding hydrogens is 311 g/mol. The molecule has 0 aromatic heterocycles. The second-order valence-electron chi connectivity index (χ2n) is 5.83. The van der Waals surface area contributed by atoms with Gasteiger partial charge >= 0.3 is 6.03 Å². The zero-order chi connectivity index (χ0) is 17.4. The molecule has 1 aromatic rings. The van der Waals surface area contributed by atoms with Crippen molar-refractivity contribution in [2.75, 3.05) is 6.54 Å². The average Bonchev–Trinajstić information content (AvgIpc) is 3.06. The Hall–Kier alpha value is -2.62. The fourth-order valence-electron chi connectivity index (χ4n) is 2.66. The van der Waals surface area contributed by atoms with Crippen molar-refractivity contribution in [1.82, 2.24) is 16.0 Å². The van der Waals surface area contributed by atoms with Crippen LogP contribution < -0.4 is 16.0 Å². The highest BCUT2D eigenvalue weighted by atomic mass is 19.1. The maximum Gasteiger partial charge on any atom is 0.315 e. The smallest absolute Gasteiger partial charge is 0.315 e. The lowest BCUT2D eigenvalue weighted by atomic mass is 10.1. The molecule has 0 heterocycles. The zero-order valence-electron chi connectivity index (χ0n) is 13.4. The maximum absolute atomic E-state index is 13.7. The van der Waals surface area contributed by atoms with Crippen molar-refractivity contribution in [3.05, 3.63) is 35.1 Å². The first-order valence-electron chi connectivity index (χ1n) is 8.08. The number of nitriles is 1. The normalized spacial score (nSPS) is 14.0. The monoisotopic (exact) mass is 332 g/mol. The number of carbonyl (C=O) groups is 2. The minimum absolute atomic E-state index is 0.0116. The lowest BCUT2D eigenvalue weighted by Gasteiger charge is -2.12. The molecule has 0 spiro atoms. The third kappa shape index (κ3) is 5.54. The van der Waals surface area contributed by atoms with Gasteiger partial charge in [0.2, 0.25) is 5.91 Å². The summed E-state index contributed by atoms with van der Waals surface area (Å²) in [5.41, 5.74) is 0.525. The van der Waals surface area contributed by atoms with Crippen LogP contribution in [0.15, 0.2) is 18.2 Å². The first-order valence-corrected chi connectivity index (χ1v) is 8.08. The Labute approximate surface area is 140 Å². The first kappa shape index (κ1) is 17.7. The van der Waals surface area contributed by atoms with E-state index in [0.29, 0.717) is 5.56 Å². The molecule has 1 fully saturated rings. The molecular formula is C17H21FN4O2. The summed E-state index contributed by atoms with van der Waals surface area (Å²) in [6.45, 7) is 0.234. The van der Waals surface area contributed by atoms with E-state index in [1.54, 1.807) is 0 Å². The summed E-state index contributed by atoms with van der Waals surface area (Å²) in [5, 5.41) is 16.7. The van der Waals surface area contributed by atoms with Gasteiger partial charge in [-0.1, -0.05) is 18.9 Å². The Bertz CT molecular complexity index is 636. The van der Waals surface area contributed by atoms with Crippen LogP contribution in [0.5, 0.6) is 0 Å². The molecule has 0 radical (unpaired) electrons. The Morgan fingerprint density at radius 3 is 2.67 bits per heavy atom. The van der Waals surface area contributed by atoms with Crippen molar-refractivity contribution in [2.24, 2.45) is 0 Å². The van der Waals surface area contributed by atoms with Crippen molar-refractivity contribution in [1.29, 1.82) is 5.26 Å². The van der Waals surface area contributed by atoms with Crippen molar-refractivity contribution >= 4 is 11.9 Å². The quantitative estimate of drug-likeness (QED) is 0.743. The fraction of sp³-hybridized carbons (Fsp3) is 0.471.